The molecule has 0 bridgehead atoms. The van der Waals surface area contributed by atoms with E-state index in [0.29, 0.717) is 0 Å². The molecule has 2 N–H and O–H groups in total. The maximum Gasteiger partial charge on any atom is 0.242 e. The Labute approximate surface area is 166 Å². The Morgan fingerprint density at radius 1 is 1.04 bits per heavy atom. The van der Waals surface area contributed by atoms with Gasteiger partial charge in [0.25, 0.3) is 0 Å². The lowest BCUT2D eigenvalue weighted by Crippen LogP contribution is -2.50. The Morgan fingerprint density at radius 2 is 1.71 bits per heavy atom. The Balaban J connectivity index is 1.96. The van der Waals surface area contributed by atoms with Crippen LogP contribution in [0.15, 0.2) is 42.5 Å². The van der Waals surface area contributed by atoms with Crippen molar-refractivity contribution in [2.45, 2.75) is 33.2 Å². The molecule has 0 aliphatic heterocycles. The van der Waals surface area contributed by atoms with Gasteiger partial charge in [-0.2, -0.15) is 0 Å². The fourth-order valence-corrected chi connectivity index (χ4v) is 3.58. The molecular weight excluding hydrogens is 376 g/mol. The zero-order chi connectivity index (χ0) is 20.7. The highest BCUT2D eigenvalue weighted by Crippen LogP contribution is 2.16. The number of nitrogens with one attached hydrogen (secondary N) is 2. The first kappa shape index (κ1) is 21.9. The maximum atomic E-state index is 12.5. The van der Waals surface area contributed by atoms with E-state index in [1.165, 1.54) is 0 Å². The van der Waals surface area contributed by atoms with Crippen molar-refractivity contribution in [2.75, 3.05) is 18.1 Å². The van der Waals surface area contributed by atoms with Crippen molar-refractivity contribution in [3.63, 3.8) is 0 Å². The second-order valence-corrected chi connectivity index (χ2v) is 9.65. The molecule has 2 rings (SSSR count). The quantitative estimate of drug-likeness (QED) is 0.669. The van der Waals surface area contributed by atoms with Gasteiger partial charge < -0.3 is 10.6 Å². The molecule has 2 aromatic carbocycles. The summed E-state index contributed by atoms with van der Waals surface area (Å²) < 4.78 is 23.1. The van der Waals surface area contributed by atoms with Crippen molar-refractivity contribution in [3.05, 3.63) is 48.0 Å². The largest absolute Gasteiger partial charge is 0.353 e. The van der Waals surface area contributed by atoms with E-state index in [1.807, 2.05) is 56.3 Å². The van der Waals surface area contributed by atoms with Crippen LogP contribution in [0.2, 0.25) is 0 Å². The maximum absolute atomic E-state index is 12.5. The van der Waals surface area contributed by atoms with Crippen LogP contribution in [0.5, 0.6) is 0 Å². The second-order valence-electron chi connectivity index (χ2n) is 7.17. The molecule has 0 saturated carbocycles. The van der Waals surface area contributed by atoms with Gasteiger partial charge in [-0.25, -0.2) is 8.42 Å². The lowest BCUT2D eigenvalue weighted by Gasteiger charge is -2.22. The van der Waals surface area contributed by atoms with Gasteiger partial charge in [0.15, 0.2) is 9.84 Å². The fraction of sp³-hybridized carbons (Fsp3) is 0.429. The van der Waals surface area contributed by atoms with Crippen LogP contribution in [-0.4, -0.2) is 44.3 Å². The van der Waals surface area contributed by atoms with E-state index < -0.39 is 15.9 Å². The fourth-order valence-electron chi connectivity index (χ4n) is 2.88. The topological polar surface area (TPSA) is 92.3 Å². The van der Waals surface area contributed by atoms with Crippen LogP contribution in [0.4, 0.5) is 0 Å². The Kier molecular flexibility index (Phi) is 7.57. The Morgan fingerprint density at radius 3 is 2.36 bits per heavy atom. The number of fused-ring (bicyclic) bond motifs is 1. The highest BCUT2D eigenvalue weighted by Gasteiger charge is 2.24. The van der Waals surface area contributed by atoms with E-state index in [9.17, 15) is 18.0 Å². The van der Waals surface area contributed by atoms with Crippen LogP contribution < -0.4 is 10.6 Å². The molecule has 2 aromatic rings. The molecule has 152 valence electrons. The van der Waals surface area contributed by atoms with Gasteiger partial charge in [-0.1, -0.05) is 63.2 Å². The number of carbonyl (C=O) groups excluding carboxylic acids is 2. The molecule has 0 aromatic heterocycles. The van der Waals surface area contributed by atoms with Crippen LogP contribution in [-0.2, 0) is 25.8 Å². The van der Waals surface area contributed by atoms with Gasteiger partial charge in [0.1, 0.15) is 6.04 Å². The molecule has 0 fully saturated rings. The minimum atomic E-state index is -3.14. The number of sulfone groups is 1. The van der Waals surface area contributed by atoms with Gasteiger partial charge >= 0.3 is 0 Å². The third kappa shape index (κ3) is 6.34. The summed E-state index contributed by atoms with van der Waals surface area (Å²) in [7, 11) is -3.14. The highest BCUT2D eigenvalue weighted by molar-refractivity contribution is 7.91. The number of hydrogen-bond donors (Lipinski definition) is 2. The van der Waals surface area contributed by atoms with Crippen LogP contribution in [0.1, 0.15) is 26.3 Å². The average molecular weight is 405 g/mol. The summed E-state index contributed by atoms with van der Waals surface area (Å²) in [6, 6.07) is 13.0. The van der Waals surface area contributed by atoms with Crippen molar-refractivity contribution < 1.29 is 18.0 Å². The minimum Gasteiger partial charge on any atom is -0.353 e. The van der Waals surface area contributed by atoms with Crippen molar-refractivity contribution in [1.82, 2.24) is 10.6 Å². The summed E-state index contributed by atoms with van der Waals surface area (Å²) in [5, 5.41) is 7.55. The van der Waals surface area contributed by atoms with Gasteiger partial charge in [0.2, 0.25) is 11.8 Å². The van der Waals surface area contributed by atoms with Crippen LogP contribution in [0.3, 0.4) is 0 Å². The van der Waals surface area contributed by atoms with Gasteiger partial charge in [-0.15, -0.1) is 0 Å². The van der Waals surface area contributed by atoms with E-state index in [-0.39, 0.29) is 42.2 Å². The van der Waals surface area contributed by atoms with E-state index >= 15 is 0 Å². The zero-order valence-electron chi connectivity index (χ0n) is 16.6. The summed E-state index contributed by atoms with van der Waals surface area (Å²) in [6.45, 7) is 5.28. The average Bonchev–Trinajstić information content (AvgIpc) is 2.65. The van der Waals surface area contributed by atoms with Gasteiger partial charge in [0.05, 0.1) is 12.2 Å². The molecule has 7 heteroatoms. The predicted molar refractivity (Wildman–Crippen MR) is 112 cm³/mol. The molecule has 0 aliphatic rings. The lowest BCUT2D eigenvalue weighted by molar-refractivity contribution is -0.129. The smallest absolute Gasteiger partial charge is 0.242 e. The molecule has 0 radical (unpaired) electrons. The zero-order valence-corrected chi connectivity index (χ0v) is 17.4. The summed E-state index contributed by atoms with van der Waals surface area (Å²) in [5.74, 6) is -0.800. The number of benzene rings is 2. The number of rotatable bonds is 9. The number of amides is 2. The van der Waals surface area contributed by atoms with Crippen LogP contribution in [0, 0.1) is 5.92 Å². The Bertz CT molecular complexity index is 938. The summed E-state index contributed by atoms with van der Waals surface area (Å²) in [6.07, 6.45) is 0.172. The molecule has 0 saturated heterocycles. The van der Waals surface area contributed by atoms with E-state index in [1.54, 1.807) is 6.92 Å². The van der Waals surface area contributed by atoms with E-state index in [0.717, 1.165) is 16.3 Å². The summed E-state index contributed by atoms with van der Waals surface area (Å²) in [5.41, 5.74) is 0.869. The van der Waals surface area contributed by atoms with Gasteiger partial charge in [-0.3, -0.25) is 9.59 Å². The first-order valence-corrected chi connectivity index (χ1v) is 11.3. The molecule has 0 spiro atoms. The number of carbonyl (C=O) groups is 2. The van der Waals surface area contributed by atoms with E-state index in [4.69, 9.17) is 0 Å². The molecule has 28 heavy (non-hydrogen) atoms. The summed E-state index contributed by atoms with van der Waals surface area (Å²) in [4.78, 5) is 24.9. The summed E-state index contributed by atoms with van der Waals surface area (Å²) >= 11 is 0. The molecule has 0 aliphatic carbocycles. The lowest BCUT2D eigenvalue weighted by atomic mass is 10.0. The third-order valence-corrected chi connectivity index (χ3v) is 6.30. The molecule has 1 atom stereocenters. The monoisotopic (exact) mass is 404 g/mol. The third-order valence-electron chi connectivity index (χ3n) is 4.60. The molecule has 6 nitrogen and oxygen atoms in total. The minimum absolute atomic E-state index is 0.0404. The van der Waals surface area contributed by atoms with E-state index in [2.05, 4.69) is 10.6 Å². The first-order valence-electron chi connectivity index (χ1n) is 9.47. The molecular formula is C21H28N2O4S. The molecule has 1 unspecified atom stereocenters. The SMILES string of the molecule is CCS(=O)(=O)CCNC(=O)C(NC(=O)Cc1ccc2ccccc2c1)C(C)C. The van der Waals surface area contributed by atoms with Crippen LogP contribution >= 0.6 is 0 Å². The Hall–Kier alpha value is -2.41. The highest BCUT2D eigenvalue weighted by atomic mass is 32.2. The standard InChI is InChI=1S/C21H28N2O4S/c1-4-28(26,27)12-11-22-21(25)20(15(2)3)23-19(24)14-16-9-10-17-7-5-6-8-18(17)13-16/h5-10,13,15,20H,4,11-12,14H2,1-3H3,(H,22,25)(H,23,24). The number of hydrogen-bond acceptors (Lipinski definition) is 4. The van der Waals surface area contributed by atoms with Crippen molar-refractivity contribution >= 4 is 32.4 Å². The van der Waals surface area contributed by atoms with Gasteiger partial charge in [0, 0.05) is 12.3 Å². The first-order chi connectivity index (χ1) is 13.2. The normalized spacial score (nSPS) is 12.7. The van der Waals surface area contributed by atoms with Crippen molar-refractivity contribution in [3.8, 4) is 0 Å². The van der Waals surface area contributed by atoms with Gasteiger partial charge in [-0.05, 0) is 22.3 Å². The molecule has 0 heterocycles. The molecule has 2 amide bonds. The second kappa shape index (κ2) is 9.68. The predicted octanol–water partition coefficient (Wildman–Crippen LogP) is 2.07. The van der Waals surface area contributed by atoms with Crippen molar-refractivity contribution in [1.29, 1.82) is 0 Å². The van der Waals surface area contributed by atoms with Crippen molar-refractivity contribution in [2.24, 2.45) is 5.92 Å². The van der Waals surface area contributed by atoms with Crippen LogP contribution in [0.25, 0.3) is 10.8 Å².